The number of hydrogen-bond donors (Lipinski definition) is 1. The first-order valence-corrected chi connectivity index (χ1v) is 5.39. The van der Waals surface area contributed by atoms with Crippen molar-refractivity contribution in [1.82, 2.24) is 0 Å². The van der Waals surface area contributed by atoms with Crippen molar-refractivity contribution in [2.75, 3.05) is 0 Å². The van der Waals surface area contributed by atoms with Crippen LogP contribution in [-0.2, 0) is 4.79 Å². The van der Waals surface area contributed by atoms with Gasteiger partial charge >= 0.3 is 0 Å². The zero-order chi connectivity index (χ0) is 11.4. The van der Waals surface area contributed by atoms with Crippen LogP contribution in [0.5, 0.6) is 0 Å². The molecule has 1 rings (SSSR count). The van der Waals surface area contributed by atoms with Crippen LogP contribution >= 0.6 is 0 Å². The van der Waals surface area contributed by atoms with Gasteiger partial charge in [-0.15, -0.1) is 0 Å². The third-order valence-electron chi connectivity index (χ3n) is 2.68. The average molecular weight is 205 g/mol. The van der Waals surface area contributed by atoms with Gasteiger partial charge in [0.25, 0.3) is 0 Å². The minimum Gasteiger partial charge on any atom is -0.370 e. The first-order chi connectivity index (χ1) is 7.00. The Labute approximate surface area is 91.5 Å². The Hall–Kier alpha value is -1.31. The number of nitrogens with two attached hydrogens (primary N) is 1. The topological polar surface area (TPSA) is 43.1 Å². The van der Waals surface area contributed by atoms with E-state index in [9.17, 15) is 4.79 Å². The summed E-state index contributed by atoms with van der Waals surface area (Å²) in [6.45, 7) is 6.36. The van der Waals surface area contributed by atoms with Crippen molar-refractivity contribution in [3.8, 4) is 0 Å². The molecule has 82 valence electrons. The van der Waals surface area contributed by atoms with E-state index in [1.165, 1.54) is 11.1 Å². The molecule has 1 atom stereocenters. The van der Waals surface area contributed by atoms with E-state index in [0.29, 0.717) is 12.3 Å². The SMILES string of the molecule is CC(C)c1ccc(C(C)CC(N)=O)cc1. The molecule has 0 aromatic heterocycles. The molecule has 0 aliphatic carbocycles. The van der Waals surface area contributed by atoms with Crippen LogP contribution in [0.3, 0.4) is 0 Å². The van der Waals surface area contributed by atoms with Crippen molar-refractivity contribution >= 4 is 5.91 Å². The van der Waals surface area contributed by atoms with E-state index in [1.54, 1.807) is 0 Å². The van der Waals surface area contributed by atoms with Gasteiger partial charge in [0.2, 0.25) is 5.91 Å². The Bertz CT molecular complexity index is 327. The maximum atomic E-state index is 10.8. The average Bonchev–Trinajstić information content (AvgIpc) is 2.17. The molecule has 15 heavy (non-hydrogen) atoms. The molecular formula is C13H19NO. The van der Waals surface area contributed by atoms with Gasteiger partial charge in [-0.25, -0.2) is 0 Å². The number of benzene rings is 1. The number of carbonyl (C=O) groups is 1. The standard InChI is InChI=1S/C13H19NO/c1-9(2)11-4-6-12(7-5-11)10(3)8-13(14)15/h4-7,9-10H,8H2,1-3H3,(H2,14,15). The predicted molar refractivity (Wildman–Crippen MR) is 62.8 cm³/mol. The Morgan fingerprint density at radius 1 is 1.13 bits per heavy atom. The van der Waals surface area contributed by atoms with Gasteiger partial charge in [-0.1, -0.05) is 45.0 Å². The molecule has 0 spiro atoms. The molecule has 0 fully saturated rings. The summed E-state index contributed by atoms with van der Waals surface area (Å²) in [7, 11) is 0. The van der Waals surface area contributed by atoms with Crippen molar-refractivity contribution < 1.29 is 4.79 Å². The summed E-state index contributed by atoms with van der Waals surface area (Å²) in [6, 6.07) is 8.42. The quantitative estimate of drug-likeness (QED) is 0.807. The van der Waals surface area contributed by atoms with Gasteiger partial charge < -0.3 is 5.73 Å². The molecule has 1 amide bonds. The highest BCUT2D eigenvalue weighted by Crippen LogP contribution is 2.21. The van der Waals surface area contributed by atoms with E-state index in [2.05, 4.69) is 38.1 Å². The smallest absolute Gasteiger partial charge is 0.218 e. The van der Waals surface area contributed by atoms with Crippen molar-refractivity contribution in [1.29, 1.82) is 0 Å². The number of hydrogen-bond acceptors (Lipinski definition) is 1. The van der Waals surface area contributed by atoms with Gasteiger partial charge in [0.15, 0.2) is 0 Å². The maximum absolute atomic E-state index is 10.8. The fourth-order valence-electron chi connectivity index (χ4n) is 1.63. The Morgan fingerprint density at radius 3 is 2.00 bits per heavy atom. The van der Waals surface area contributed by atoms with Crippen LogP contribution in [0.1, 0.15) is 50.2 Å². The molecule has 1 aromatic rings. The second-order valence-electron chi connectivity index (χ2n) is 4.39. The van der Waals surface area contributed by atoms with Crippen LogP contribution in [0, 0.1) is 0 Å². The van der Waals surface area contributed by atoms with E-state index in [1.807, 2.05) is 6.92 Å². The lowest BCUT2D eigenvalue weighted by atomic mass is 9.94. The Morgan fingerprint density at radius 2 is 1.60 bits per heavy atom. The lowest BCUT2D eigenvalue weighted by Gasteiger charge is -2.11. The van der Waals surface area contributed by atoms with Crippen LogP contribution < -0.4 is 5.73 Å². The van der Waals surface area contributed by atoms with Crippen LogP contribution in [-0.4, -0.2) is 5.91 Å². The summed E-state index contributed by atoms with van der Waals surface area (Å²) in [5, 5.41) is 0. The molecule has 0 bridgehead atoms. The highest BCUT2D eigenvalue weighted by atomic mass is 16.1. The van der Waals surface area contributed by atoms with Gasteiger partial charge in [-0.3, -0.25) is 4.79 Å². The van der Waals surface area contributed by atoms with Crippen LogP contribution in [0.4, 0.5) is 0 Å². The predicted octanol–water partition coefficient (Wildman–Crippen LogP) is 2.79. The molecule has 0 saturated carbocycles. The molecule has 1 aromatic carbocycles. The molecule has 0 heterocycles. The van der Waals surface area contributed by atoms with Gasteiger partial charge in [0.1, 0.15) is 0 Å². The van der Waals surface area contributed by atoms with Crippen molar-refractivity contribution in [2.45, 2.75) is 39.0 Å². The number of amides is 1. The lowest BCUT2D eigenvalue weighted by Crippen LogP contribution is -2.13. The minimum absolute atomic E-state index is 0.212. The summed E-state index contributed by atoms with van der Waals surface area (Å²) in [5.74, 6) is 0.518. The Balaban J connectivity index is 2.75. The van der Waals surface area contributed by atoms with Crippen LogP contribution in [0.2, 0.25) is 0 Å². The third kappa shape index (κ3) is 3.39. The molecule has 1 unspecified atom stereocenters. The van der Waals surface area contributed by atoms with Crippen molar-refractivity contribution in [3.63, 3.8) is 0 Å². The maximum Gasteiger partial charge on any atom is 0.218 e. The number of primary amides is 1. The summed E-state index contributed by atoms with van der Waals surface area (Å²) >= 11 is 0. The molecule has 0 saturated heterocycles. The summed E-state index contributed by atoms with van der Waals surface area (Å²) < 4.78 is 0. The summed E-state index contributed by atoms with van der Waals surface area (Å²) in [5.41, 5.74) is 7.67. The molecule has 2 heteroatoms. The van der Waals surface area contributed by atoms with E-state index in [-0.39, 0.29) is 11.8 Å². The largest absolute Gasteiger partial charge is 0.370 e. The zero-order valence-corrected chi connectivity index (χ0v) is 9.66. The molecule has 2 N–H and O–H groups in total. The second-order valence-corrected chi connectivity index (χ2v) is 4.39. The third-order valence-corrected chi connectivity index (χ3v) is 2.68. The highest BCUT2D eigenvalue weighted by Gasteiger charge is 2.08. The van der Waals surface area contributed by atoms with E-state index in [0.717, 1.165) is 0 Å². The van der Waals surface area contributed by atoms with Gasteiger partial charge in [-0.2, -0.15) is 0 Å². The second kappa shape index (κ2) is 4.96. The van der Waals surface area contributed by atoms with Gasteiger partial charge in [-0.05, 0) is 23.0 Å². The molecule has 2 nitrogen and oxygen atoms in total. The molecule has 0 aliphatic rings. The first-order valence-electron chi connectivity index (χ1n) is 5.39. The van der Waals surface area contributed by atoms with E-state index < -0.39 is 0 Å². The molecule has 0 aliphatic heterocycles. The fourth-order valence-corrected chi connectivity index (χ4v) is 1.63. The lowest BCUT2D eigenvalue weighted by molar-refractivity contribution is -0.118. The van der Waals surface area contributed by atoms with Crippen molar-refractivity contribution in [2.24, 2.45) is 5.73 Å². The highest BCUT2D eigenvalue weighted by molar-refractivity contribution is 5.74. The normalized spacial score (nSPS) is 12.8. The monoisotopic (exact) mass is 205 g/mol. The first kappa shape index (κ1) is 11.8. The molecular weight excluding hydrogens is 186 g/mol. The van der Waals surface area contributed by atoms with Crippen molar-refractivity contribution in [3.05, 3.63) is 35.4 Å². The number of carbonyl (C=O) groups excluding carboxylic acids is 1. The number of rotatable bonds is 4. The van der Waals surface area contributed by atoms with Gasteiger partial charge in [0, 0.05) is 6.42 Å². The van der Waals surface area contributed by atoms with Gasteiger partial charge in [0.05, 0.1) is 0 Å². The summed E-state index contributed by atoms with van der Waals surface area (Å²) in [6.07, 6.45) is 0.418. The molecule has 0 radical (unpaired) electrons. The van der Waals surface area contributed by atoms with E-state index in [4.69, 9.17) is 5.73 Å². The van der Waals surface area contributed by atoms with Crippen LogP contribution in [0.15, 0.2) is 24.3 Å². The minimum atomic E-state index is -0.240. The van der Waals surface area contributed by atoms with E-state index >= 15 is 0 Å². The zero-order valence-electron chi connectivity index (χ0n) is 9.66. The van der Waals surface area contributed by atoms with Crippen LogP contribution in [0.25, 0.3) is 0 Å². The summed E-state index contributed by atoms with van der Waals surface area (Å²) in [4.78, 5) is 10.8. The Kier molecular flexibility index (Phi) is 3.89. The fraction of sp³-hybridized carbons (Fsp3) is 0.462.